The summed E-state index contributed by atoms with van der Waals surface area (Å²) < 4.78 is 15.4. The summed E-state index contributed by atoms with van der Waals surface area (Å²) in [5.41, 5.74) is 5.59. The normalized spacial score (nSPS) is 11.9. The largest absolute Gasteiger partial charge is 0.476 e. The molecule has 2 aromatic rings. The van der Waals surface area contributed by atoms with E-state index in [-0.39, 0.29) is 5.91 Å². The van der Waals surface area contributed by atoms with E-state index < -0.39 is 30.4 Å². The van der Waals surface area contributed by atoms with Gasteiger partial charge in [-0.2, -0.15) is 0 Å². The van der Waals surface area contributed by atoms with Crippen LogP contribution in [0.1, 0.15) is 36.7 Å². The van der Waals surface area contributed by atoms with Crippen molar-refractivity contribution < 1.29 is 28.6 Å². The van der Waals surface area contributed by atoms with Crippen molar-refractivity contribution in [3.63, 3.8) is 0 Å². The Bertz CT molecular complexity index is 927. The van der Waals surface area contributed by atoms with Crippen LogP contribution in [0.15, 0.2) is 48.5 Å². The Morgan fingerprint density at radius 3 is 2.25 bits per heavy atom. The first-order valence-corrected chi connectivity index (χ1v) is 10.4. The maximum atomic E-state index is 12.2. The molecule has 1 unspecified atom stereocenters. The predicted molar refractivity (Wildman–Crippen MR) is 119 cm³/mol. The zero-order valence-corrected chi connectivity index (χ0v) is 19.0. The van der Waals surface area contributed by atoms with E-state index in [0.717, 1.165) is 5.56 Å². The van der Waals surface area contributed by atoms with E-state index in [1.807, 2.05) is 12.1 Å². The molecule has 1 atom stereocenters. The molecule has 0 heterocycles. The molecular weight excluding hydrogens is 436 g/mol. The Morgan fingerprint density at radius 1 is 1.03 bits per heavy atom. The molecule has 0 radical (unpaired) electrons. The van der Waals surface area contributed by atoms with E-state index >= 15 is 0 Å². The molecule has 8 nitrogen and oxygen atoms in total. The lowest BCUT2D eigenvalue weighted by Crippen LogP contribution is -2.40. The van der Waals surface area contributed by atoms with E-state index in [0.29, 0.717) is 29.3 Å². The number of nitrogens with one attached hydrogen (secondary N) is 1. The number of benzene rings is 2. The van der Waals surface area contributed by atoms with Gasteiger partial charge >= 0.3 is 11.9 Å². The summed E-state index contributed by atoms with van der Waals surface area (Å²) in [5.74, 6) is -1.07. The molecule has 0 saturated carbocycles. The Labute approximate surface area is 192 Å². The standard InChI is InChI=1S/C23H27ClN2O6/c1-15(25)21(28)30-14-31-22(29)23(2,3)32-19-10-4-16(5-11-19)12-13-26-20(27)17-6-8-18(24)9-7-17/h4-11,15H,12-14,25H2,1-3H3,(H,26,27). The van der Waals surface area contributed by atoms with Crippen LogP contribution in [0.25, 0.3) is 0 Å². The van der Waals surface area contributed by atoms with Gasteiger partial charge in [-0.1, -0.05) is 23.7 Å². The smallest absolute Gasteiger partial charge is 0.352 e. The molecule has 2 rings (SSSR count). The number of carbonyl (C=O) groups is 3. The van der Waals surface area contributed by atoms with E-state index in [9.17, 15) is 14.4 Å². The number of hydrogen-bond donors (Lipinski definition) is 2. The van der Waals surface area contributed by atoms with Gasteiger partial charge in [0.25, 0.3) is 5.91 Å². The maximum absolute atomic E-state index is 12.2. The van der Waals surface area contributed by atoms with Crippen LogP contribution in [0.2, 0.25) is 5.02 Å². The highest BCUT2D eigenvalue weighted by molar-refractivity contribution is 6.30. The average Bonchev–Trinajstić information content (AvgIpc) is 2.74. The first kappa shape index (κ1) is 25.2. The topological polar surface area (TPSA) is 117 Å². The summed E-state index contributed by atoms with van der Waals surface area (Å²) in [5, 5.41) is 3.42. The molecule has 0 aliphatic carbocycles. The fourth-order valence-corrected chi connectivity index (χ4v) is 2.66. The highest BCUT2D eigenvalue weighted by Crippen LogP contribution is 2.20. The Kier molecular flexibility index (Phi) is 9.04. The van der Waals surface area contributed by atoms with Crippen LogP contribution in [0.4, 0.5) is 0 Å². The van der Waals surface area contributed by atoms with Gasteiger partial charge in [0.1, 0.15) is 11.8 Å². The van der Waals surface area contributed by atoms with Crippen LogP contribution in [-0.4, -0.2) is 42.8 Å². The molecule has 3 N–H and O–H groups in total. The molecule has 32 heavy (non-hydrogen) atoms. The van der Waals surface area contributed by atoms with Crippen LogP contribution >= 0.6 is 11.6 Å². The predicted octanol–water partition coefficient (Wildman–Crippen LogP) is 2.86. The van der Waals surface area contributed by atoms with Gasteiger partial charge in [-0.3, -0.25) is 9.59 Å². The van der Waals surface area contributed by atoms with Gasteiger partial charge in [-0.05, 0) is 69.2 Å². The zero-order chi connectivity index (χ0) is 23.7. The second kappa shape index (κ2) is 11.5. The van der Waals surface area contributed by atoms with Gasteiger partial charge in [0, 0.05) is 17.1 Å². The quantitative estimate of drug-likeness (QED) is 0.411. The summed E-state index contributed by atoms with van der Waals surface area (Å²) in [6.07, 6.45) is 0.621. The van der Waals surface area contributed by atoms with Crippen LogP contribution in [0, 0.1) is 0 Å². The van der Waals surface area contributed by atoms with Crippen molar-refractivity contribution >= 4 is 29.4 Å². The molecule has 0 fully saturated rings. The Balaban J connectivity index is 1.79. The number of esters is 2. The van der Waals surface area contributed by atoms with E-state index in [4.69, 9.17) is 31.5 Å². The lowest BCUT2D eigenvalue weighted by atomic mass is 10.1. The van der Waals surface area contributed by atoms with Crippen molar-refractivity contribution in [3.05, 3.63) is 64.7 Å². The lowest BCUT2D eigenvalue weighted by Gasteiger charge is -2.24. The number of amides is 1. The molecule has 0 aromatic heterocycles. The second-order valence-electron chi connectivity index (χ2n) is 7.57. The van der Waals surface area contributed by atoms with Gasteiger partial charge in [-0.25, -0.2) is 4.79 Å². The molecule has 9 heteroatoms. The van der Waals surface area contributed by atoms with Gasteiger partial charge in [0.15, 0.2) is 5.60 Å². The summed E-state index contributed by atoms with van der Waals surface area (Å²) in [4.78, 5) is 35.6. The fraction of sp³-hybridized carbons (Fsp3) is 0.348. The third-order valence-electron chi connectivity index (χ3n) is 4.36. The Hall–Kier alpha value is -3.10. The first-order chi connectivity index (χ1) is 15.1. The molecule has 0 spiro atoms. The summed E-state index contributed by atoms with van der Waals surface area (Å²) >= 11 is 5.83. The highest BCUT2D eigenvalue weighted by Gasteiger charge is 2.32. The molecule has 2 aromatic carbocycles. The third kappa shape index (κ3) is 7.86. The maximum Gasteiger partial charge on any atom is 0.352 e. The van der Waals surface area contributed by atoms with Gasteiger partial charge in [0.05, 0.1) is 0 Å². The average molecular weight is 463 g/mol. The lowest BCUT2D eigenvalue weighted by molar-refractivity contribution is -0.177. The van der Waals surface area contributed by atoms with Crippen molar-refractivity contribution in [2.45, 2.75) is 38.8 Å². The molecule has 172 valence electrons. The number of hydrogen-bond acceptors (Lipinski definition) is 7. The second-order valence-corrected chi connectivity index (χ2v) is 8.01. The monoisotopic (exact) mass is 462 g/mol. The molecule has 0 bridgehead atoms. The number of rotatable bonds is 10. The third-order valence-corrected chi connectivity index (χ3v) is 4.61. The molecule has 0 aliphatic heterocycles. The van der Waals surface area contributed by atoms with E-state index in [1.54, 1.807) is 50.2 Å². The van der Waals surface area contributed by atoms with Crippen molar-refractivity contribution in [1.29, 1.82) is 0 Å². The van der Waals surface area contributed by atoms with Crippen molar-refractivity contribution in [3.8, 4) is 5.75 Å². The minimum Gasteiger partial charge on any atom is -0.476 e. The van der Waals surface area contributed by atoms with E-state index in [1.165, 1.54) is 6.92 Å². The molecule has 0 aliphatic rings. The SMILES string of the molecule is CC(N)C(=O)OCOC(=O)C(C)(C)Oc1ccc(CCNC(=O)c2ccc(Cl)cc2)cc1. The number of halogens is 1. The minimum atomic E-state index is -1.30. The summed E-state index contributed by atoms with van der Waals surface area (Å²) in [6, 6.07) is 13.0. The van der Waals surface area contributed by atoms with Crippen molar-refractivity contribution in [1.82, 2.24) is 5.32 Å². The summed E-state index contributed by atoms with van der Waals surface area (Å²) in [6.45, 7) is 4.48. The van der Waals surface area contributed by atoms with Crippen LogP contribution in [-0.2, 0) is 25.5 Å². The van der Waals surface area contributed by atoms with Crippen LogP contribution < -0.4 is 15.8 Å². The van der Waals surface area contributed by atoms with Crippen molar-refractivity contribution in [2.24, 2.45) is 5.73 Å². The van der Waals surface area contributed by atoms with Gasteiger partial charge in [-0.15, -0.1) is 0 Å². The van der Waals surface area contributed by atoms with Gasteiger partial charge < -0.3 is 25.3 Å². The molecular formula is C23H27ClN2O6. The highest BCUT2D eigenvalue weighted by atomic mass is 35.5. The summed E-state index contributed by atoms with van der Waals surface area (Å²) in [7, 11) is 0. The van der Waals surface area contributed by atoms with Gasteiger partial charge in [0.2, 0.25) is 6.79 Å². The fourth-order valence-electron chi connectivity index (χ4n) is 2.53. The Morgan fingerprint density at radius 2 is 1.66 bits per heavy atom. The molecule has 0 saturated heterocycles. The van der Waals surface area contributed by atoms with Crippen LogP contribution in [0.3, 0.4) is 0 Å². The number of ether oxygens (including phenoxy) is 3. The number of nitrogens with two attached hydrogens (primary N) is 1. The zero-order valence-electron chi connectivity index (χ0n) is 18.2. The van der Waals surface area contributed by atoms with Crippen molar-refractivity contribution in [2.75, 3.05) is 13.3 Å². The van der Waals surface area contributed by atoms with Crippen LogP contribution in [0.5, 0.6) is 5.75 Å². The molecule has 1 amide bonds. The number of carbonyl (C=O) groups excluding carboxylic acids is 3. The van der Waals surface area contributed by atoms with E-state index in [2.05, 4.69) is 5.32 Å². The first-order valence-electron chi connectivity index (χ1n) is 9.99. The minimum absolute atomic E-state index is 0.173.